The summed E-state index contributed by atoms with van der Waals surface area (Å²) in [4.78, 5) is 0. The van der Waals surface area contributed by atoms with Crippen molar-refractivity contribution in [3.05, 3.63) is 0 Å². The van der Waals surface area contributed by atoms with Crippen LogP contribution >= 0.6 is 0 Å². The van der Waals surface area contributed by atoms with E-state index in [1.807, 2.05) is 0 Å². The third kappa shape index (κ3) is 4.02. The molecule has 0 spiro atoms. The van der Waals surface area contributed by atoms with Crippen LogP contribution in [-0.2, 0) is 0 Å². The fraction of sp³-hybridized carbons (Fsp3) is 1.00. The van der Waals surface area contributed by atoms with E-state index in [4.69, 9.17) is 0 Å². The summed E-state index contributed by atoms with van der Waals surface area (Å²) < 4.78 is 0. The Labute approximate surface area is 90.5 Å². The van der Waals surface area contributed by atoms with E-state index in [1.165, 1.54) is 38.5 Å². The lowest BCUT2D eigenvalue weighted by molar-refractivity contribution is 0.451. The van der Waals surface area contributed by atoms with Crippen molar-refractivity contribution in [3.63, 3.8) is 0 Å². The maximum Gasteiger partial charge on any atom is -0.0360 e. The maximum atomic E-state index is 2.38. The zero-order chi connectivity index (χ0) is 10.6. The molecule has 0 heterocycles. The minimum Gasteiger partial charge on any atom is -0.0651 e. The summed E-state index contributed by atoms with van der Waals surface area (Å²) >= 11 is 0. The second-order valence-electron chi connectivity index (χ2n) is 5.70. The molecule has 0 heteroatoms. The van der Waals surface area contributed by atoms with E-state index in [2.05, 4.69) is 27.7 Å². The first-order valence-corrected chi connectivity index (χ1v) is 6.65. The Kier molecular flexibility index (Phi) is 4.98. The van der Waals surface area contributed by atoms with E-state index in [9.17, 15) is 0 Å². The Morgan fingerprint density at radius 3 is 2.36 bits per heavy atom. The normalized spacial score (nSPS) is 28.1. The second kappa shape index (κ2) is 5.78. The summed E-state index contributed by atoms with van der Waals surface area (Å²) in [6.07, 6.45) is 8.81. The zero-order valence-corrected chi connectivity index (χ0v) is 10.6. The maximum absolute atomic E-state index is 2.38. The van der Waals surface area contributed by atoms with Crippen LogP contribution in [0.1, 0.15) is 66.2 Å². The molecule has 3 unspecified atom stereocenters. The third-order valence-corrected chi connectivity index (χ3v) is 4.05. The fourth-order valence-corrected chi connectivity index (χ4v) is 2.52. The SMILES string of the molecule is CCC(C)CCCCC1CC1C(C)C. The Morgan fingerprint density at radius 1 is 1.14 bits per heavy atom. The van der Waals surface area contributed by atoms with E-state index in [-0.39, 0.29) is 0 Å². The molecule has 1 saturated carbocycles. The molecule has 1 fully saturated rings. The summed E-state index contributed by atoms with van der Waals surface area (Å²) in [7, 11) is 0. The van der Waals surface area contributed by atoms with Gasteiger partial charge in [-0.2, -0.15) is 0 Å². The zero-order valence-electron chi connectivity index (χ0n) is 10.6. The number of unbranched alkanes of at least 4 members (excludes halogenated alkanes) is 1. The molecule has 0 radical (unpaired) electrons. The van der Waals surface area contributed by atoms with Crippen LogP contribution in [0.3, 0.4) is 0 Å². The first-order valence-electron chi connectivity index (χ1n) is 6.65. The van der Waals surface area contributed by atoms with E-state index in [1.54, 1.807) is 0 Å². The van der Waals surface area contributed by atoms with Crippen LogP contribution in [0.2, 0.25) is 0 Å². The Balaban J connectivity index is 1.91. The first-order chi connectivity index (χ1) is 6.65. The Bertz CT molecular complexity index is 148. The molecule has 1 rings (SSSR count). The van der Waals surface area contributed by atoms with Crippen LogP contribution in [0.25, 0.3) is 0 Å². The highest BCUT2D eigenvalue weighted by atomic mass is 14.4. The van der Waals surface area contributed by atoms with Crippen molar-refractivity contribution in [1.29, 1.82) is 0 Å². The average Bonchev–Trinajstić information content (AvgIpc) is 2.91. The highest BCUT2D eigenvalue weighted by Crippen LogP contribution is 2.47. The Hall–Kier alpha value is 0. The van der Waals surface area contributed by atoms with Gasteiger partial charge in [0.25, 0.3) is 0 Å². The molecule has 0 aliphatic heterocycles. The average molecular weight is 196 g/mol. The molecule has 0 bridgehead atoms. The van der Waals surface area contributed by atoms with Crippen molar-refractivity contribution >= 4 is 0 Å². The topological polar surface area (TPSA) is 0 Å². The van der Waals surface area contributed by atoms with Crippen LogP contribution in [0, 0.1) is 23.7 Å². The Morgan fingerprint density at radius 2 is 1.86 bits per heavy atom. The van der Waals surface area contributed by atoms with Gasteiger partial charge in [0, 0.05) is 0 Å². The van der Waals surface area contributed by atoms with Gasteiger partial charge in [-0.3, -0.25) is 0 Å². The number of rotatable bonds is 7. The summed E-state index contributed by atoms with van der Waals surface area (Å²) in [5, 5.41) is 0. The second-order valence-corrected chi connectivity index (χ2v) is 5.70. The molecule has 0 aromatic heterocycles. The third-order valence-electron chi connectivity index (χ3n) is 4.05. The molecule has 84 valence electrons. The lowest BCUT2D eigenvalue weighted by Crippen LogP contribution is -1.94. The first kappa shape index (κ1) is 12.1. The molecule has 0 aromatic carbocycles. The molecular formula is C14H28. The molecule has 3 atom stereocenters. The quantitative estimate of drug-likeness (QED) is 0.509. The van der Waals surface area contributed by atoms with Gasteiger partial charge in [-0.15, -0.1) is 0 Å². The van der Waals surface area contributed by atoms with Crippen molar-refractivity contribution in [2.45, 2.75) is 66.2 Å². The van der Waals surface area contributed by atoms with E-state index in [0.29, 0.717) is 0 Å². The van der Waals surface area contributed by atoms with Gasteiger partial charge in [0.1, 0.15) is 0 Å². The fourth-order valence-electron chi connectivity index (χ4n) is 2.52. The van der Waals surface area contributed by atoms with Gasteiger partial charge in [0.2, 0.25) is 0 Å². The standard InChI is InChI=1S/C14H28/c1-5-12(4)8-6-7-9-13-10-14(13)11(2)3/h11-14H,5-10H2,1-4H3. The molecule has 1 aliphatic rings. The van der Waals surface area contributed by atoms with Crippen LogP contribution in [-0.4, -0.2) is 0 Å². The van der Waals surface area contributed by atoms with Crippen molar-refractivity contribution < 1.29 is 0 Å². The molecule has 0 aromatic rings. The lowest BCUT2D eigenvalue weighted by Gasteiger charge is -2.07. The number of hydrogen-bond donors (Lipinski definition) is 0. The van der Waals surface area contributed by atoms with E-state index in [0.717, 1.165) is 23.7 Å². The summed E-state index contributed by atoms with van der Waals surface area (Å²) in [5.41, 5.74) is 0. The molecule has 0 amide bonds. The van der Waals surface area contributed by atoms with Crippen molar-refractivity contribution in [3.8, 4) is 0 Å². The summed E-state index contributed by atoms with van der Waals surface area (Å²) in [6, 6.07) is 0. The van der Waals surface area contributed by atoms with Crippen LogP contribution in [0.4, 0.5) is 0 Å². The van der Waals surface area contributed by atoms with E-state index < -0.39 is 0 Å². The smallest absolute Gasteiger partial charge is 0.0360 e. The van der Waals surface area contributed by atoms with Crippen molar-refractivity contribution in [1.82, 2.24) is 0 Å². The highest BCUT2D eigenvalue weighted by molar-refractivity contribution is 4.87. The van der Waals surface area contributed by atoms with Gasteiger partial charge in [0.15, 0.2) is 0 Å². The van der Waals surface area contributed by atoms with E-state index >= 15 is 0 Å². The molecule has 1 aliphatic carbocycles. The lowest BCUT2D eigenvalue weighted by atomic mass is 9.99. The van der Waals surface area contributed by atoms with Crippen LogP contribution < -0.4 is 0 Å². The van der Waals surface area contributed by atoms with Crippen molar-refractivity contribution in [2.75, 3.05) is 0 Å². The van der Waals surface area contributed by atoms with Crippen molar-refractivity contribution in [2.24, 2.45) is 23.7 Å². The molecule has 0 nitrogen and oxygen atoms in total. The summed E-state index contributed by atoms with van der Waals surface area (Å²) in [5.74, 6) is 4.08. The minimum atomic E-state index is 0.939. The van der Waals surface area contributed by atoms with Gasteiger partial charge in [-0.1, -0.05) is 59.8 Å². The number of hydrogen-bond acceptors (Lipinski definition) is 0. The molecule has 14 heavy (non-hydrogen) atoms. The molecule has 0 saturated heterocycles. The summed E-state index contributed by atoms with van der Waals surface area (Å²) in [6.45, 7) is 9.45. The van der Waals surface area contributed by atoms with Crippen LogP contribution in [0.15, 0.2) is 0 Å². The largest absolute Gasteiger partial charge is 0.0651 e. The van der Waals surface area contributed by atoms with Gasteiger partial charge in [0.05, 0.1) is 0 Å². The van der Waals surface area contributed by atoms with Gasteiger partial charge in [-0.25, -0.2) is 0 Å². The van der Waals surface area contributed by atoms with Gasteiger partial charge >= 0.3 is 0 Å². The predicted octanol–water partition coefficient (Wildman–Crippen LogP) is 4.89. The van der Waals surface area contributed by atoms with Gasteiger partial charge in [-0.05, 0) is 30.1 Å². The monoisotopic (exact) mass is 196 g/mol. The minimum absolute atomic E-state index is 0.939. The predicted molar refractivity (Wildman–Crippen MR) is 64.4 cm³/mol. The van der Waals surface area contributed by atoms with Crippen LogP contribution in [0.5, 0.6) is 0 Å². The van der Waals surface area contributed by atoms with Gasteiger partial charge < -0.3 is 0 Å². The molecular weight excluding hydrogens is 168 g/mol. The molecule has 0 N–H and O–H groups in total. The highest BCUT2D eigenvalue weighted by Gasteiger charge is 2.37.